The van der Waals surface area contributed by atoms with E-state index in [2.05, 4.69) is 22.4 Å². The minimum atomic E-state index is 0.239. The summed E-state index contributed by atoms with van der Waals surface area (Å²) in [6.45, 7) is 0.803. The van der Waals surface area contributed by atoms with E-state index < -0.39 is 0 Å². The first-order valence-corrected chi connectivity index (χ1v) is 6.50. The molecule has 0 saturated heterocycles. The van der Waals surface area contributed by atoms with Crippen LogP contribution in [0.1, 0.15) is 12.8 Å². The van der Waals surface area contributed by atoms with Gasteiger partial charge in [0.15, 0.2) is 0 Å². The fourth-order valence-electron chi connectivity index (χ4n) is 1.99. The third kappa shape index (κ3) is 2.52. The Morgan fingerprint density at radius 3 is 2.88 bits per heavy atom. The van der Waals surface area contributed by atoms with Crippen LogP contribution in [0.15, 0.2) is 36.4 Å². The quantitative estimate of drug-likeness (QED) is 0.833. The number of benzene rings is 1. The van der Waals surface area contributed by atoms with Gasteiger partial charge in [-0.25, -0.2) is 4.98 Å². The number of nitrogens with zero attached hydrogens (tertiary/aromatic N) is 1. The summed E-state index contributed by atoms with van der Waals surface area (Å²) in [4.78, 5) is 4.56. The molecule has 0 amide bonds. The van der Waals surface area contributed by atoms with Gasteiger partial charge in [0, 0.05) is 11.9 Å². The van der Waals surface area contributed by atoms with Crippen LogP contribution < -0.4 is 5.32 Å². The Labute approximate surface area is 106 Å². The molecule has 1 heterocycles. The Balaban J connectivity index is 1.71. The SMILES string of the molecule is ClC(CNc1ccc2ccccc2n1)C1CC1. The van der Waals surface area contributed by atoms with Gasteiger partial charge in [-0.2, -0.15) is 0 Å². The van der Waals surface area contributed by atoms with Crippen LogP contribution in [0.5, 0.6) is 0 Å². The number of fused-ring (bicyclic) bond motifs is 1. The molecule has 1 aliphatic carbocycles. The molecule has 1 N–H and O–H groups in total. The van der Waals surface area contributed by atoms with Gasteiger partial charge in [0.05, 0.1) is 10.9 Å². The Morgan fingerprint density at radius 1 is 1.24 bits per heavy atom. The van der Waals surface area contributed by atoms with E-state index in [0.29, 0.717) is 5.92 Å². The van der Waals surface area contributed by atoms with Crippen LogP contribution in [0, 0.1) is 5.92 Å². The van der Waals surface area contributed by atoms with Crippen LogP contribution in [-0.2, 0) is 0 Å². The fraction of sp³-hybridized carbons (Fsp3) is 0.357. The van der Waals surface area contributed by atoms with Gasteiger partial charge in [-0.1, -0.05) is 18.2 Å². The molecule has 2 nitrogen and oxygen atoms in total. The molecule has 0 bridgehead atoms. The topological polar surface area (TPSA) is 24.9 Å². The number of hydrogen-bond acceptors (Lipinski definition) is 2. The van der Waals surface area contributed by atoms with Crippen LogP contribution in [0.2, 0.25) is 0 Å². The molecule has 1 saturated carbocycles. The predicted molar refractivity (Wildman–Crippen MR) is 72.6 cm³/mol. The van der Waals surface area contributed by atoms with Crippen molar-refractivity contribution in [1.29, 1.82) is 0 Å². The second kappa shape index (κ2) is 4.53. The minimum absolute atomic E-state index is 0.239. The fourth-order valence-corrected chi connectivity index (χ4v) is 2.32. The molecule has 3 heteroatoms. The number of alkyl halides is 1. The average molecular weight is 247 g/mol. The number of pyridine rings is 1. The number of para-hydroxylation sites is 1. The second-order valence-electron chi connectivity index (χ2n) is 4.62. The lowest BCUT2D eigenvalue weighted by Gasteiger charge is -2.10. The maximum absolute atomic E-state index is 6.26. The van der Waals surface area contributed by atoms with Gasteiger partial charge in [-0.15, -0.1) is 11.6 Å². The highest BCUT2D eigenvalue weighted by Gasteiger charge is 2.29. The number of rotatable bonds is 4. The van der Waals surface area contributed by atoms with E-state index in [0.717, 1.165) is 17.9 Å². The van der Waals surface area contributed by atoms with Gasteiger partial charge in [0.2, 0.25) is 0 Å². The number of nitrogens with one attached hydrogen (secondary N) is 1. The molecule has 1 aliphatic rings. The molecule has 2 aromatic rings. The van der Waals surface area contributed by atoms with Gasteiger partial charge in [-0.3, -0.25) is 0 Å². The molecule has 1 aromatic heterocycles. The number of anilines is 1. The van der Waals surface area contributed by atoms with Crippen LogP contribution in [-0.4, -0.2) is 16.9 Å². The molecular weight excluding hydrogens is 232 g/mol. The first-order chi connectivity index (χ1) is 8.33. The van der Waals surface area contributed by atoms with Gasteiger partial charge >= 0.3 is 0 Å². The second-order valence-corrected chi connectivity index (χ2v) is 5.18. The number of hydrogen-bond donors (Lipinski definition) is 1. The summed E-state index contributed by atoms with van der Waals surface area (Å²) in [7, 11) is 0. The predicted octanol–water partition coefficient (Wildman–Crippen LogP) is 3.66. The first-order valence-electron chi connectivity index (χ1n) is 6.07. The first kappa shape index (κ1) is 10.8. The standard InChI is InChI=1S/C14H15ClN2/c15-12(10-5-6-10)9-16-14-8-7-11-3-1-2-4-13(11)17-14/h1-4,7-8,10,12H,5-6,9H2,(H,16,17). The van der Waals surface area contributed by atoms with Crippen molar-refractivity contribution in [3.05, 3.63) is 36.4 Å². The molecule has 88 valence electrons. The van der Waals surface area contributed by atoms with Crippen LogP contribution in [0.4, 0.5) is 5.82 Å². The third-order valence-corrected chi connectivity index (χ3v) is 3.72. The summed E-state index contributed by atoms with van der Waals surface area (Å²) in [5.41, 5.74) is 1.02. The van der Waals surface area contributed by atoms with E-state index in [4.69, 9.17) is 11.6 Å². The molecule has 0 radical (unpaired) electrons. The van der Waals surface area contributed by atoms with Crippen molar-refractivity contribution in [2.75, 3.05) is 11.9 Å². The number of halogens is 1. The molecule has 3 rings (SSSR count). The third-order valence-electron chi connectivity index (χ3n) is 3.21. The Kier molecular flexibility index (Phi) is 2.89. The summed E-state index contributed by atoms with van der Waals surface area (Å²) in [6, 6.07) is 12.2. The largest absolute Gasteiger partial charge is 0.369 e. The van der Waals surface area contributed by atoms with E-state index in [9.17, 15) is 0 Å². The molecule has 0 spiro atoms. The van der Waals surface area contributed by atoms with E-state index in [-0.39, 0.29) is 5.38 Å². The minimum Gasteiger partial charge on any atom is -0.369 e. The summed E-state index contributed by atoms with van der Waals surface area (Å²) < 4.78 is 0. The highest BCUT2D eigenvalue weighted by Crippen LogP contribution is 2.35. The van der Waals surface area contributed by atoms with Crippen molar-refractivity contribution in [3.8, 4) is 0 Å². The normalized spacial score (nSPS) is 17.0. The lowest BCUT2D eigenvalue weighted by atomic mass is 10.2. The molecule has 1 aromatic carbocycles. The Morgan fingerprint density at radius 2 is 2.06 bits per heavy atom. The monoisotopic (exact) mass is 246 g/mol. The maximum Gasteiger partial charge on any atom is 0.126 e. The van der Waals surface area contributed by atoms with Crippen LogP contribution >= 0.6 is 11.6 Å². The zero-order chi connectivity index (χ0) is 11.7. The zero-order valence-corrected chi connectivity index (χ0v) is 10.3. The van der Waals surface area contributed by atoms with Crippen molar-refractivity contribution in [3.63, 3.8) is 0 Å². The lowest BCUT2D eigenvalue weighted by Crippen LogP contribution is -2.16. The van der Waals surface area contributed by atoms with E-state index >= 15 is 0 Å². The van der Waals surface area contributed by atoms with Crippen molar-refractivity contribution in [2.24, 2.45) is 5.92 Å². The maximum atomic E-state index is 6.26. The van der Waals surface area contributed by atoms with Crippen LogP contribution in [0.25, 0.3) is 10.9 Å². The lowest BCUT2D eigenvalue weighted by molar-refractivity contribution is 0.769. The van der Waals surface area contributed by atoms with Crippen molar-refractivity contribution in [1.82, 2.24) is 4.98 Å². The van der Waals surface area contributed by atoms with E-state index in [1.165, 1.54) is 18.2 Å². The number of aromatic nitrogens is 1. The molecule has 1 atom stereocenters. The average Bonchev–Trinajstić information content (AvgIpc) is 3.20. The highest BCUT2D eigenvalue weighted by molar-refractivity contribution is 6.21. The van der Waals surface area contributed by atoms with E-state index in [1.807, 2.05) is 24.3 Å². The van der Waals surface area contributed by atoms with Crippen LogP contribution in [0.3, 0.4) is 0 Å². The van der Waals surface area contributed by atoms with Gasteiger partial charge < -0.3 is 5.32 Å². The molecular formula is C14H15ClN2. The summed E-state index contributed by atoms with van der Waals surface area (Å²) in [5, 5.41) is 4.72. The summed E-state index contributed by atoms with van der Waals surface area (Å²) >= 11 is 6.26. The van der Waals surface area contributed by atoms with Crippen molar-refractivity contribution in [2.45, 2.75) is 18.2 Å². The van der Waals surface area contributed by atoms with Gasteiger partial charge in [0.1, 0.15) is 5.82 Å². The van der Waals surface area contributed by atoms with E-state index in [1.54, 1.807) is 0 Å². The molecule has 0 aliphatic heterocycles. The Bertz CT molecular complexity index is 522. The zero-order valence-electron chi connectivity index (χ0n) is 9.57. The van der Waals surface area contributed by atoms with Gasteiger partial charge in [0.25, 0.3) is 0 Å². The summed E-state index contributed by atoms with van der Waals surface area (Å²) in [5.74, 6) is 1.62. The highest BCUT2D eigenvalue weighted by atomic mass is 35.5. The smallest absolute Gasteiger partial charge is 0.126 e. The molecule has 1 fully saturated rings. The Hall–Kier alpha value is -1.28. The summed E-state index contributed by atoms with van der Waals surface area (Å²) in [6.07, 6.45) is 2.56. The van der Waals surface area contributed by atoms with Crippen molar-refractivity contribution < 1.29 is 0 Å². The van der Waals surface area contributed by atoms with Gasteiger partial charge in [-0.05, 0) is 37.0 Å². The molecule has 1 unspecified atom stereocenters. The molecule has 17 heavy (non-hydrogen) atoms. The van der Waals surface area contributed by atoms with Crippen molar-refractivity contribution >= 4 is 28.3 Å².